The first kappa shape index (κ1) is 28.1. The highest BCUT2D eigenvalue weighted by atomic mass is 35.5. The minimum atomic E-state index is -4.56. The van der Waals surface area contributed by atoms with Crippen molar-refractivity contribution in [3.05, 3.63) is 105 Å². The maximum atomic E-state index is 12.9. The second kappa shape index (κ2) is 12.7. The van der Waals surface area contributed by atoms with Crippen molar-refractivity contribution in [1.29, 1.82) is 0 Å². The van der Waals surface area contributed by atoms with Gasteiger partial charge in [-0.2, -0.15) is 18.3 Å². The predicted molar refractivity (Wildman–Crippen MR) is 139 cm³/mol. The number of carbonyl (C=O) groups excluding carboxylic acids is 1. The molecular formula is C27H23Cl2F3N2O3. The Kier molecular flexibility index (Phi) is 9.60. The summed E-state index contributed by atoms with van der Waals surface area (Å²) in [6.45, 7) is 6.19. The zero-order valence-corrected chi connectivity index (χ0v) is 21.3. The van der Waals surface area contributed by atoms with Gasteiger partial charge in [0.25, 0.3) is 5.91 Å². The van der Waals surface area contributed by atoms with Crippen LogP contribution in [0.2, 0.25) is 10.0 Å². The third kappa shape index (κ3) is 7.74. The summed E-state index contributed by atoms with van der Waals surface area (Å²) in [6, 6.07) is 12.8. The number of alkyl halides is 3. The lowest BCUT2D eigenvalue weighted by Crippen LogP contribution is -2.18. The molecule has 3 aromatic carbocycles. The van der Waals surface area contributed by atoms with E-state index in [0.29, 0.717) is 40.1 Å². The van der Waals surface area contributed by atoms with E-state index in [2.05, 4.69) is 17.1 Å². The third-order valence-electron chi connectivity index (χ3n) is 5.02. The number of rotatable bonds is 10. The molecule has 0 spiro atoms. The highest BCUT2D eigenvalue weighted by Crippen LogP contribution is 2.35. The van der Waals surface area contributed by atoms with Crippen molar-refractivity contribution in [1.82, 2.24) is 5.43 Å². The van der Waals surface area contributed by atoms with Gasteiger partial charge in [-0.15, -0.1) is 6.58 Å². The monoisotopic (exact) mass is 550 g/mol. The first-order valence-electron chi connectivity index (χ1n) is 11.1. The van der Waals surface area contributed by atoms with E-state index in [1.807, 2.05) is 6.92 Å². The molecule has 0 fully saturated rings. The molecule has 0 saturated heterocycles. The summed E-state index contributed by atoms with van der Waals surface area (Å²) in [5, 5.41) is 4.75. The molecule has 1 amide bonds. The van der Waals surface area contributed by atoms with Crippen LogP contribution in [0.25, 0.3) is 0 Å². The first-order valence-corrected chi connectivity index (χ1v) is 11.9. The number of nitrogens with one attached hydrogen (secondary N) is 1. The van der Waals surface area contributed by atoms with Gasteiger partial charge in [-0.05, 0) is 66.9 Å². The molecule has 0 aromatic heterocycles. The topological polar surface area (TPSA) is 59.9 Å². The zero-order valence-electron chi connectivity index (χ0n) is 19.7. The summed E-state index contributed by atoms with van der Waals surface area (Å²) in [5.74, 6) is 0.186. The van der Waals surface area contributed by atoms with E-state index in [9.17, 15) is 18.0 Å². The van der Waals surface area contributed by atoms with E-state index in [1.54, 1.807) is 36.4 Å². The SMILES string of the molecule is C=CCc1cc(/C=N\NC(=O)c2cccc(C(F)(F)F)c2)cc(OCC)c1OCc1ccc(Cl)c(Cl)c1. The van der Waals surface area contributed by atoms with Crippen LogP contribution in [-0.4, -0.2) is 18.7 Å². The van der Waals surface area contributed by atoms with E-state index in [4.69, 9.17) is 32.7 Å². The lowest BCUT2D eigenvalue weighted by Gasteiger charge is -2.17. The lowest BCUT2D eigenvalue weighted by atomic mass is 10.1. The Morgan fingerprint density at radius 3 is 2.54 bits per heavy atom. The van der Waals surface area contributed by atoms with Gasteiger partial charge in [0.05, 0.1) is 28.4 Å². The van der Waals surface area contributed by atoms with Crippen molar-refractivity contribution in [3.63, 3.8) is 0 Å². The molecular weight excluding hydrogens is 528 g/mol. The largest absolute Gasteiger partial charge is 0.490 e. The van der Waals surface area contributed by atoms with Crippen molar-refractivity contribution in [2.75, 3.05) is 6.61 Å². The van der Waals surface area contributed by atoms with Crippen LogP contribution >= 0.6 is 23.2 Å². The summed E-state index contributed by atoms with van der Waals surface area (Å²) in [5.41, 5.74) is 3.30. The molecule has 0 heterocycles. The smallest absolute Gasteiger partial charge is 0.416 e. The van der Waals surface area contributed by atoms with Crippen LogP contribution in [0.1, 0.15) is 39.5 Å². The number of amides is 1. The molecule has 0 aliphatic rings. The van der Waals surface area contributed by atoms with E-state index in [-0.39, 0.29) is 12.2 Å². The van der Waals surface area contributed by atoms with Gasteiger partial charge in [-0.25, -0.2) is 5.43 Å². The maximum absolute atomic E-state index is 12.9. The van der Waals surface area contributed by atoms with E-state index < -0.39 is 17.6 Å². The predicted octanol–water partition coefficient (Wildman–Crippen LogP) is 7.48. The fourth-order valence-corrected chi connectivity index (χ4v) is 3.66. The molecule has 37 heavy (non-hydrogen) atoms. The number of carbonyl (C=O) groups is 1. The van der Waals surface area contributed by atoms with Crippen LogP contribution in [0.4, 0.5) is 13.2 Å². The molecule has 5 nitrogen and oxygen atoms in total. The number of halogens is 5. The minimum absolute atomic E-state index is 0.166. The van der Waals surface area contributed by atoms with Gasteiger partial charge in [0, 0.05) is 11.1 Å². The normalized spacial score (nSPS) is 11.4. The highest BCUT2D eigenvalue weighted by Gasteiger charge is 2.30. The molecule has 194 valence electrons. The van der Waals surface area contributed by atoms with Crippen LogP contribution in [-0.2, 0) is 19.2 Å². The van der Waals surface area contributed by atoms with E-state index in [1.165, 1.54) is 12.3 Å². The Balaban J connectivity index is 1.81. The van der Waals surface area contributed by atoms with Gasteiger partial charge in [-0.3, -0.25) is 4.79 Å². The van der Waals surface area contributed by atoms with Crippen molar-refractivity contribution in [2.24, 2.45) is 5.10 Å². The highest BCUT2D eigenvalue weighted by molar-refractivity contribution is 6.42. The Bertz CT molecular complexity index is 1310. The van der Waals surface area contributed by atoms with Gasteiger partial charge in [0.1, 0.15) is 6.61 Å². The number of nitrogens with zero attached hydrogens (tertiary/aromatic N) is 1. The molecule has 1 N–H and O–H groups in total. The molecule has 0 aliphatic heterocycles. The Hall–Kier alpha value is -3.49. The molecule has 0 aliphatic carbocycles. The lowest BCUT2D eigenvalue weighted by molar-refractivity contribution is -0.137. The van der Waals surface area contributed by atoms with Gasteiger partial charge in [-0.1, -0.05) is 41.4 Å². The molecule has 0 unspecified atom stereocenters. The van der Waals surface area contributed by atoms with Crippen LogP contribution in [0.3, 0.4) is 0 Å². The quantitative estimate of drug-likeness (QED) is 0.162. The minimum Gasteiger partial charge on any atom is -0.490 e. The molecule has 3 aromatic rings. The van der Waals surface area contributed by atoms with Gasteiger partial charge in [0.15, 0.2) is 11.5 Å². The summed E-state index contributed by atoms with van der Waals surface area (Å²) in [6.07, 6.45) is -1.04. The number of ether oxygens (including phenoxy) is 2. The number of hydrogen-bond acceptors (Lipinski definition) is 4. The van der Waals surface area contributed by atoms with Crippen LogP contribution < -0.4 is 14.9 Å². The Morgan fingerprint density at radius 1 is 1.08 bits per heavy atom. The fraction of sp³-hybridized carbons (Fsp3) is 0.185. The van der Waals surface area contributed by atoms with Crippen molar-refractivity contribution in [2.45, 2.75) is 26.1 Å². The Labute approximate surface area is 222 Å². The van der Waals surface area contributed by atoms with Crippen molar-refractivity contribution < 1.29 is 27.4 Å². The molecule has 0 saturated carbocycles. The van der Waals surface area contributed by atoms with Gasteiger partial charge < -0.3 is 9.47 Å². The van der Waals surface area contributed by atoms with Crippen LogP contribution in [0.15, 0.2) is 72.4 Å². The Morgan fingerprint density at radius 2 is 1.86 bits per heavy atom. The van der Waals surface area contributed by atoms with Gasteiger partial charge >= 0.3 is 6.18 Å². The first-order chi connectivity index (χ1) is 17.6. The van der Waals surface area contributed by atoms with E-state index >= 15 is 0 Å². The molecule has 10 heteroatoms. The second-order valence-electron chi connectivity index (χ2n) is 7.75. The number of allylic oxidation sites excluding steroid dienone is 1. The molecule has 0 bridgehead atoms. The summed E-state index contributed by atoms with van der Waals surface area (Å²) in [4.78, 5) is 12.3. The average molecular weight is 551 g/mol. The summed E-state index contributed by atoms with van der Waals surface area (Å²) >= 11 is 12.1. The number of hydrogen-bond donors (Lipinski definition) is 1. The average Bonchev–Trinajstić information content (AvgIpc) is 2.85. The zero-order chi connectivity index (χ0) is 27.0. The van der Waals surface area contributed by atoms with Gasteiger partial charge in [0.2, 0.25) is 0 Å². The third-order valence-corrected chi connectivity index (χ3v) is 5.76. The second-order valence-corrected chi connectivity index (χ2v) is 8.56. The van der Waals surface area contributed by atoms with Crippen molar-refractivity contribution >= 4 is 35.3 Å². The molecule has 3 rings (SSSR count). The summed E-state index contributed by atoms with van der Waals surface area (Å²) in [7, 11) is 0. The summed E-state index contributed by atoms with van der Waals surface area (Å²) < 4.78 is 50.6. The van der Waals surface area contributed by atoms with Crippen molar-refractivity contribution in [3.8, 4) is 11.5 Å². The molecule has 0 radical (unpaired) electrons. The van der Waals surface area contributed by atoms with Crippen LogP contribution in [0.5, 0.6) is 11.5 Å². The molecule has 0 atom stereocenters. The standard InChI is InChI=1S/C27H23Cl2F3N2O3/c1-3-6-19-11-18(15-33-34-26(35)20-7-5-8-21(14-20)27(30,31)32)13-24(36-4-2)25(19)37-16-17-9-10-22(28)23(29)12-17/h3,5,7-15H,1,4,6,16H2,2H3,(H,34,35)/b33-15-. The number of hydrazone groups is 1. The maximum Gasteiger partial charge on any atom is 0.416 e. The number of benzene rings is 3. The fourth-order valence-electron chi connectivity index (χ4n) is 3.34. The van der Waals surface area contributed by atoms with E-state index in [0.717, 1.165) is 29.3 Å². The van der Waals surface area contributed by atoms with Crippen LogP contribution in [0, 0.1) is 0 Å².